The van der Waals surface area contributed by atoms with Gasteiger partial charge in [-0.05, 0) is 12.1 Å². The molecule has 0 saturated heterocycles. The molecule has 1 atom stereocenters. The molecular formula is C14H16ClN5O3S. The number of aliphatic imine (C=N–C) groups is 1. The number of amidine groups is 1. The van der Waals surface area contributed by atoms with Crippen LogP contribution in [0.4, 0.5) is 5.82 Å². The normalized spacial score (nSPS) is 12.7. The fraction of sp³-hybridized carbons (Fsp3) is 0.286. The van der Waals surface area contributed by atoms with E-state index >= 15 is 0 Å². The average Bonchev–Trinajstić information content (AvgIpc) is 3.03. The van der Waals surface area contributed by atoms with Crippen molar-refractivity contribution in [3.63, 3.8) is 0 Å². The van der Waals surface area contributed by atoms with Gasteiger partial charge in [-0.3, -0.25) is 4.79 Å². The van der Waals surface area contributed by atoms with Crippen molar-refractivity contribution in [1.29, 1.82) is 0 Å². The van der Waals surface area contributed by atoms with Crippen molar-refractivity contribution < 1.29 is 14.3 Å². The predicted octanol–water partition coefficient (Wildman–Crippen LogP) is 2.09. The Hall–Kier alpha value is -2.23. The first kappa shape index (κ1) is 18.1. The lowest BCUT2D eigenvalue weighted by atomic mass is 10.3. The number of aromatic nitrogens is 2. The number of carbonyl (C=O) groups excluding carboxylic acids is 1. The zero-order valence-corrected chi connectivity index (χ0v) is 14.6. The number of halogens is 1. The summed E-state index contributed by atoms with van der Waals surface area (Å²) in [4.78, 5) is 24.6. The molecule has 3 N–H and O–H groups in total. The van der Waals surface area contributed by atoms with Crippen LogP contribution in [0.1, 0.15) is 21.5 Å². The van der Waals surface area contributed by atoms with E-state index in [4.69, 9.17) is 26.8 Å². The maximum atomic E-state index is 12.1. The number of nitrogens with one attached hydrogen (secondary N) is 1. The second kappa shape index (κ2) is 8.57. The van der Waals surface area contributed by atoms with Crippen LogP contribution in [0.5, 0.6) is 0 Å². The van der Waals surface area contributed by atoms with E-state index < -0.39 is 6.04 Å². The minimum atomic E-state index is -0.417. The highest BCUT2D eigenvalue weighted by Crippen LogP contribution is 2.24. The molecule has 0 aliphatic carbocycles. The highest BCUT2D eigenvalue weighted by molar-refractivity contribution is 7.10. The van der Waals surface area contributed by atoms with Crippen molar-refractivity contribution in [2.75, 3.05) is 26.1 Å². The van der Waals surface area contributed by atoms with Crippen LogP contribution < -0.4 is 11.1 Å². The molecule has 0 aliphatic heterocycles. The van der Waals surface area contributed by atoms with Gasteiger partial charge in [-0.1, -0.05) is 11.6 Å². The molecule has 0 aliphatic rings. The lowest BCUT2D eigenvalue weighted by molar-refractivity contribution is 0.102. The Bertz CT molecular complexity index is 719. The van der Waals surface area contributed by atoms with Gasteiger partial charge in [0.2, 0.25) is 0 Å². The van der Waals surface area contributed by atoms with Gasteiger partial charge >= 0.3 is 0 Å². The van der Waals surface area contributed by atoms with E-state index in [-0.39, 0.29) is 24.2 Å². The van der Waals surface area contributed by atoms with Gasteiger partial charge in [0.05, 0.1) is 18.7 Å². The number of methoxy groups -OCH3 is 2. The number of ether oxygens (including phenoxy) is 2. The van der Waals surface area contributed by atoms with E-state index in [0.717, 1.165) is 0 Å². The molecule has 2 rings (SSSR count). The van der Waals surface area contributed by atoms with Gasteiger partial charge < -0.3 is 20.5 Å². The third-order valence-corrected chi connectivity index (χ3v) is 3.99. The van der Waals surface area contributed by atoms with Gasteiger partial charge in [-0.2, -0.15) is 0 Å². The van der Waals surface area contributed by atoms with Crippen molar-refractivity contribution in [2.24, 2.45) is 10.7 Å². The van der Waals surface area contributed by atoms with Crippen LogP contribution in [0.2, 0.25) is 5.02 Å². The van der Waals surface area contributed by atoms with Crippen LogP contribution in [0.15, 0.2) is 28.7 Å². The van der Waals surface area contributed by atoms with Crippen molar-refractivity contribution in [3.05, 3.63) is 39.4 Å². The number of hydrogen-bond acceptors (Lipinski definition) is 7. The molecule has 10 heteroatoms. The molecule has 2 heterocycles. The number of rotatable bonds is 6. The van der Waals surface area contributed by atoms with Crippen molar-refractivity contribution in [2.45, 2.75) is 6.04 Å². The Labute approximate surface area is 147 Å². The van der Waals surface area contributed by atoms with E-state index in [2.05, 4.69) is 20.3 Å². The zero-order chi connectivity index (χ0) is 17.5. The number of anilines is 1. The third kappa shape index (κ3) is 4.88. The highest BCUT2D eigenvalue weighted by atomic mass is 35.5. The maximum Gasteiger partial charge on any atom is 0.282 e. The van der Waals surface area contributed by atoms with Gasteiger partial charge in [0.25, 0.3) is 11.9 Å². The molecule has 24 heavy (non-hydrogen) atoms. The number of hydrogen-bond donors (Lipinski definition) is 2. The topological polar surface area (TPSA) is 112 Å². The summed E-state index contributed by atoms with van der Waals surface area (Å²) in [6.45, 7) is 0.281. The minimum absolute atomic E-state index is 0.0307. The molecule has 0 radical (unpaired) electrons. The largest absolute Gasteiger partial charge is 0.469 e. The number of thiazole rings is 1. The second-order valence-electron chi connectivity index (χ2n) is 4.53. The summed E-state index contributed by atoms with van der Waals surface area (Å²) in [5, 5.41) is 5.46. The van der Waals surface area contributed by atoms with Crippen LogP contribution in [0.25, 0.3) is 0 Å². The summed E-state index contributed by atoms with van der Waals surface area (Å²) in [5.74, 6) is 0.00996. The lowest BCUT2D eigenvalue weighted by Crippen LogP contribution is -2.17. The first-order valence-electron chi connectivity index (χ1n) is 6.78. The van der Waals surface area contributed by atoms with Gasteiger partial charge in [-0.15, -0.1) is 11.3 Å². The van der Waals surface area contributed by atoms with Gasteiger partial charge in [0.1, 0.15) is 22.6 Å². The molecule has 0 spiro atoms. The average molecular weight is 370 g/mol. The minimum Gasteiger partial charge on any atom is -0.469 e. The smallest absolute Gasteiger partial charge is 0.282 e. The summed E-state index contributed by atoms with van der Waals surface area (Å²) >= 11 is 7.07. The molecule has 0 bridgehead atoms. The molecule has 0 unspecified atom stereocenters. The summed E-state index contributed by atoms with van der Waals surface area (Å²) in [7, 11) is 2.98. The summed E-state index contributed by atoms with van der Waals surface area (Å²) < 4.78 is 9.96. The van der Waals surface area contributed by atoms with Crippen molar-refractivity contribution >= 4 is 40.7 Å². The molecule has 0 saturated carbocycles. The van der Waals surface area contributed by atoms with Crippen LogP contribution in [0.3, 0.4) is 0 Å². The van der Waals surface area contributed by atoms with Crippen LogP contribution in [-0.4, -0.2) is 42.7 Å². The standard InChI is InChI=1S/C14H16ClN5O3S/c1-22-6-10(18-14(16)23-2)13-20-11(7-24-13)19-12(21)9-4-3-8(15)5-17-9/h3-5,7,10H,6H2,1-2H3,(H2,16,18)(H,19,21)/t10-/m0/s1. The van der Waals surface area contributed by atoms with E-state index in [1.807, 2.05) is 0 Å². The number of amides is 1. The summed E-state index contributed by atoms with van der Waals surface area (Å²) in [6.07, 6.45) is 1.40. The summed E-state index contributed by atoms with van der Waals surface area (Å²) in [5.41, 5.74) is 5.82. The van der Waals surface area contributed by atoms with E-state index in [9.17, 15) is 4.79 Å². The molecule has 1 amide bonds. The highest BCUT2D eigenvalue weighted by Gasteiger charge is 2.17. The molecule has 2 aromatic rings. The molecule has 2 aromatic heterocycles. The number of pyridine rings is 1. The number of nitrogens with zero attached hydrogens (tertiary/aromatic N) is 3. The third-order valence-electron chi connectivity index (χ3n) is 2.83. The van der Waals surface area contributed by atoms with Gasteiger partial charge in [0.15, 0.2) is 0 Å². The van der Waals surface area contributed by atoms with Gasteiger partial charge in [-0.25, -0.2) is 15.0 Å². The summed E-state index contributed by atoms with van der Waals surface area (Å²) in [6, 6.07) is 2.73. The van der Waals surface area contributed by atoms with Crippen LogP contribution in [-0.2, 0) is 9.47 Å². The zero-order valence-electron chi connectivity index (χ0n) is 13.0. The van der Waals surface area contributed by atoms with E-state index in [1.165, 1.54) is 30.7 Å². The molecule has 8 nitrogen and oxygen atoms in total. The fourth-order valence-electron chi connectivity index (χ4n) is 1.72. The fourth-order valence-corrected chi connectivity index (χ4v) is 2.60. The Morgan fingerprint density at radius 3 is 2.92 bits per heavy atom. The molecule has 0 fully saturated rings. The van der Waals surface area contributed by atoms with Gasteiger partial charge in [0, 0.05) is 18.7 Å². The Morgan fingerprint density at radius 2 is 2.29 bits per heavy atom. The first-order chi connectivity index (χ1) is 11.5. The van der Waals surface area contributed by atoms with E-state index in [1.54, 1.807) is 18.6 Å². The molecule has 128 valence electrons. The SMILES string of the molecule is COC[C@H](N=C(N)OC)c1nc(NC(=O)c2ccc(Cl)cn2)cs1. The first-order valence-corrected chi connectivity index (χ1v) is 8.03. The number of carbonyl (C=O) groups is 1. The van der Waals surface area contributed by atoms with Crippen molar-refractivity contribution in [3.8, 4) is 0 Å². The Morgan fingerprint density at radius 1 is 1.50 bits per heavy atom. The lowest BCUT2D eigenvalue weighted by Gasteiger charge is -2.09. The van der Waals surface area contributed by atoms with Crippen LogP contribution in [0, 0.1) is 0 Å². The second-order valence-corrected chi connectivity index (χ2v) is 5.86. The van der Waals surface area contributed by atoms with Crippen LogP contribution >= 0.6 is 22.9 Å². The Balaban J connectivity index is 2.11. The molecule has 0 aromatic carbocycles. The quantitative estimate of drug-likeness (QED) is 0.595. The van der Waals surface area contributed by atoms with Crippen molar-refractivity contribution in [1.82, 2.24) is 9.97 Å². The maximum absolute atomic E-state index is 12.1. The molecular weight excluding hydrogens is 354 g/mol. The Kier molecular flexibility index (Phi) is 6.47. The predicted molar refractivity (Wildman–Crippen MR) is 92.6 cm³/mol. The monoisotopic (exact) mass is 369 g/mol. The van der Waals surface area contributed by atoms with E-state index in [0.29, 0.717) is 15.8 Å². The number of nitrogens with two attached hydrogens (primary N) is 1.